The van der Waals surface area contributed by atoms with Crippen LogP contribution in [-0.4, -0.2) is 30.4 Å². The summed E-state index contributed by atoms with van der Waals surface area (Å²) in [5.41, 5.74) is 0. The van der Waals surface area contributed by atoms with Crippen molar-refractivity contribution in [3.05, 3.63) is 29.3 Å². The van der Waals surface area contributed by atoms with Gasteiger partial charge in [0.1, 0.15) is 5.75 Å². The van der Waals surface area contributed by atoms with Gasteiger partial charge in [-0.1, -0.05) is 23.7 Å². The van der Waals surface area contributed by atoms with E-state index in [9.17, 15) is 14.3 Å². The number of esters is 1. The molecule has 0 spiro atoms. The molecule has 0 aromatic heterocycles. The molecule has 0 aliphatic heterocycles. The minimum Gasteiger partial charge on any atom is -0.480 e. The number of hydrogen-bond acceptors (Lipinski definition) is 5. The highest BCUT2D eigenvalue weighted by Crippen LogP contribution is 2.46. The Labute approximate surface area is 115 Å². The molecule has 0 saturated heterocycles. The fourth-order valence-corrected chi connectivity index (χ4v) is 1.88. The molecular weight excluding hydrogens is 295 g/mol. The van der Waals surface area contributed by atoms with E-state index in [4.69, 9.17) is 21.1 Å². The summed E-state index contributed by atoms with van der Waals surface area (Å²) in [5, 5.41) is 0.355. The smallest absolute Gasteiger partial charge is 0.367 e. The van der Waals surface area contributed by atoms with Crippen LogP contribution in [0.15, 0.2) is 24.3 Å². The van der Waals surface area contributed by atoms with Crippen LogP contribution in [0.3, 0.4) is 0 Å². The second kappa shape index (κ2) is 6.91. The second-order valence-corrected chi connectivity index (χ2v) is 6.18. The van der Waals surface area contributed by atoms with Gasteiger partial charge in [-0.25, -0.2) is 4.79 Å². The Bertz CT molecular complexity index is 492. The number of benzene rings is 1. The summed E-state index contributed by atoms with van der Waals surface area (Å²) >= 11 is 5.83. The lowest BCUT2D eigenvalue weighted by molar-refractivity contribution is -0.148. The third kappa shape index (κ3) is 4.84. The van der Waals surface area contributed by atoms with Crippen LogP contribution < -0.4 is 4.74 Å². The summed E-state index contributed by atoms with van der Waals surface area (Å²) in [7, 11) is -2.89. The van der Waals surface area contributed by atoms with Gasteiger partial charge in [0.25, 0.3) is 0 Å². The van der Waals surface area contributed by atoms with Gasteiger partial charge >= 0.3 is 13.6 Å². The summed E-state index contributed by atoms with van der Waals surface area (Å²) in [4.78, 5) is 20.7. The van der Waals surface area contributed by atoms with E-state index in [1.165, 1.54) is 6.92 Å². The molecule has 6 nitrogen and oxygen atoms in total. The SMILES string of the molecule is COP(=O)(O)C(C)OC(=O)COc1ccccc1Cl. The lowest BCUT2D eigenvalue weighted by Gasteiger charge is -2.17. The molecule has 1 rings (SSSR count). The minimum atomic E-state index is -3.95. The molecule has 1 aromatic carbocycles. The largest absolute Gasteiger partial charge is 0.480 e. The highest BCUT2D eigenvalue weighted by molar-refractivity contribution is 7.53. The zero-order chi connectivity index (χ0) is 14.5. The third-order valence-electron chi connectivity index (χ3n) is 2.21. The Kier molecular flexibility index (Phi) is 5.82. The van der Waals surface area contributed by atoms with Gasteiger partial charge in [-0.2, -0.15) is 0 Å². The fraction of sp³-hybridized carbons (Fsp3) is 0.364. The predicted octanol–water partition coefficient (Wildman–Crippen LogP) is 2.44. The van der Waals surface area contributed by atoms with Crippen LogP contribution in [0.4, 0.5) is 0 Å². The van der Waals surface area contributed by atoms with Crippen molar-refractivity contribution in [3.63, 3.8) is 0 Å². The monoisotopic (exact) mass is 308 g/mol. The Hall–Kier alpha value is -1.07. The van der Waals surface area contributed by atoms with Crippen LogP contribution in [0, 0.1) is 0 Å². The van der Waals surface area contributed by atoms with Gasteiger partial charge in [-0.05, 0) is 19.1 Å². The maximum absolute atomic E-state index is 11.4. The maximum Gasteiger partial charge on any atom is 0.367 e. The van der Waals surface area contributed by atoms with Gasteiger partial charge in [0.05, 0.1) is 5.02 Å². The first-order valence-electron chi connectivity index (χ1n) is 5.32. The molecule has 2 unspecified atom stereocenters. The van der Waals surface area contributed by atoms with Gasteiger partial charge in [0, 0.05) is 7.11 Å². The molecule has 0 saturated carbocycles. The molecule has 0 amide bonds. The zero-order valence-corrected chi connectivity index (χ0v) is 12.1. The number of para-hydroxylation sites is 1. The Morgan fingerprint density at radius 1 is 1.47 bits per heavy atom. The van der Waals surface area contributed by atoms with Crippen LogP contribution in [0.25, 0.3) is 0 Å². The molecule has 0 bridgehead atoms. The topological polar surface area (TPSA) is 82.1 Å². The van der Waals surface area contributed by atoms with E-state index in [1.54, 1.807) is 24.3 Å². The summed E-state index contributed by atoms with van der Waals surface area (Å²) in [6.45, 7) is 0.843. The van der Waals surface area contributed by atoms with Crippen molar-refractivity contribution in [1.29, 1.82) is 0 Å². The Morgan fingerprint density at radius 2 is 2.11 bits per heavy atom. The number of rotatable bonds is 6. The van der Waals surface area contributed by atoms with Gasteiger partial charge in [0.2, 0.25) is 0 Å². The quantitative estimate of drug-likeness (QED) is 0.642. The Balaban J connectivity index is 2.49. The van der Waals surface area contributed by atoms with Crippen molar-refractivity contribution in [2.24, 2.45) is 0 Å². The summed E-state index contributed by atoms with van der Waals surface area (Å²) in [5.74, 6) is -1.73. The number of hydrogen-bond donors (Lipinski definition) is 1. The normalized spacial score (nSPS) is 15.4. The standard InChI is InChI=1S/C11H14ClO6P/c1-8(19(14,15)16-2)18-11(13)7-17-10-6-4-3-5-9(10)12/h3-6,8H,7H2,1-2H3,(H,14,15). The van der Waals surface area contributed by atoms with Crippen molar-refractivity contribution < 1.29 is 28.3 Å². The molecule has 2 atom stereocenters. The van der Waals surface area contributed by atoms with E-state index in [0.717, 1.165) is 7.11 Å². The van der Waals surface area contributed by atoms with Crippen LogP contribution in [-0.2, 0) is 18.6 Å². The molecule has 19 heavy (non-hydrogen) atoms. The number of carbonyl (C=O) groups excluding carboxylic acids is 1. The van der Waals surface area contributed by atoms with Crippen molar-refractivity contribution in [2.45, 2.75) is 12.8 Å². The molecule has 0 radical (unpaired) electrons. The lowest BCUT2D eigenvalue weighted by atomic mass is 10.3. The molecule has 106 valence electrons. The fourth-order valence-electron chi connectivity index (χ4n) is 1.14. The van der Waals surface area contributed by atoms with Crippen LogP contribution in [0.1, 0.15) is 6.92 Å². The molecule has 0 fully saturated rings. The number of ether oxygens (including phenoxy) is 2. The highest BCUT2D eigenvalue weighted by Gasteiger charge is 2.30. The first-order valence-corrected chi connectivity index (χ1v) is 7.34. The predicted molar refractivity (Wildman–Crippen MR) is 69.3 cm³/mol. The van der Waals surface area contributed by atoms with Crippen LogP contribution >= 0.6 is 19.2 Å². The molecular formula is C11H14ClO6P. The van der Waals surface area contributed by atoms with Gasteiger partial charge < -0.3 is 18.9 Å². The average molecular weight is 309 g/mol. The van der Waals surface area contributed by atoms with Crippen molar-refractivity contribution in [3.8, 4) is 5.75 Å². The second-order valence-electron chi connectivity index (χ2n) is 3.55. The summed E-state index contributed by atoms with van der Waals surface area (Å²) < 4.78 is 25.5. The van der Waals surface area contributed by atoms with E-state index in [2.05, 4.69) is 4.52 Å². The van der Waals surface area contributed by atoms with Crippen molar-refractivity contribution in [1.82, 2.24) is 0 Å². The number of carbonyl (C=O) groups is 1. The van der Waals surface area contributed by atoms with Crippen LogP contribution in [0.2, 0.25) is 5.02 Å². The van der Waals surface area contributed by atoms with E-state index >= 15 is 0 Å². The molecule has 0 aliphatic rings. The molecule has 1 N–H and O–H groups in total. The van der Waals surface area contributed by atoms with E-state index in [1.807, 2.05) is 0 Å². The summed E-state index contributed by atoms with van der Waals surface area (Å²) in [6, 6.07) is 6.61. The zero-order valence-electron chi connectivity index (χ0n) is 10.4. The van der Waals surface area contributed by atoms with Crippen molar-refractivity contribution in [2.75, 3.05) is 13.7 Å². The van der Waals surface area contributed by atoms with Gasteiger partial charge in [-0.3, -0.25) is 4.57 Å². The molecule has 0 heterocycles. The molecule has 1 aromatic rings. The maximum atomic E-state index is 11.4. The van der Waals surface area contributed by atoms with Crippen LogP contribution in [0.5, 0.6) is 5.75 Å². The first kappa shape index (κ1) is 16.0. The van der Waals surface area contributed by atoms with E-state index < -0.39 is 26.0 Å². The molecule has 0 aliphatic carbocycles. The first-order chi connectivity index (χ1) is 8.86. The van der Waals surface area contributed by atoms with Gasteiger partial charge in [0.15, 0.2) is 12.5 Å². The van der Waals surface area contributed by atoms with E-state index in [0.29, 0.717) is 10.8 Å². The summed E-state index contributed by atoms with van der Waals surface area (Å²) in [6.07, 6.45) is 0. The third-order valence-corrected chi connectivity index (χ3v) is 4.07. The molecule has 8 heteroatoms. The van der Waals surface area contributed by atoms with E-state index in [-0.39, 0.29) is 0 Å². The van der Waals surface area contributed by atoms with Crippen molar-refractivity contribution >= 4 is 25.2 Å². The highest BCUT2D eigenvalue weighted by atomic mass is 35.5. The Morgan fingerprint density at radius 3 is 2.68 bits per heavy atom. The lowest BCUT2D eigenvalue weighted by Crippen LogP contribution is -2.21. The number of halogens is 1. The minimum absolute atomic E-state index is 0.327. The van der Waals surface area contributed by atoms with Gasteiger partial charge in [-0.15, -0.1) is 0 Å². The average Bonchev–Trinajstić information content (AvgIpc) is 2.37.